The van der Waals surface area contributed by atoms with E-state index in [2.05, 4.69) is 11.9 Å². The van der Waals surface area contributed by atoms with Crippen molar-refractivity contribution in [1.82, 2.24) is 5.32 Å². The fourth-order valence-corrected chi connectivity index (χ4v) is 1.60. The van der Waals surface area contributed by atoms with Gasteiger partial charge in [-0.1, -0.05) is 6.08 Å². The minimum absolute atomic E-state index is 0.111. The molecule has 0 fully saturated rings. The summed E-state index contributed by atoms with van der Waals surface area (Å²) in [5.74, 6) is 0.656. The summed E-state index contributed by atoms with van der Waals surface area (Å²) in [5, 5.41) is 2.78. The maximum absolute atomic E-state index is 11.8. The van der Waals surface area contributed by atoms with Crippen LogP contribution < -0.4 is 10.1 Å². The molecule has 1 rings (SSSR count). The van der Waals surface area contributed by atoms with Gasteiger partial charge in [0.05, 0.1) is 13.7 Å². The third kappa shape index (κ3) is 3.89. The van der Waals surface area contributed by atoms with Crippen LogP contribution in [-0.4, -0.2) is 33.3 Å². The first kappa shape index (κ1) is 14.3. The number of carbonyl (C=O) groups excluding carboxylic acids is 1. The Morgan fingerprint density at radius 2 is 2.22 bits per heavy atom. The van der Waals surface area contributed by atoms with Crippen LogP contribution in [0.25, 0.3) is 0 Å². The topological polar surface area (TPSA) is 47.6 Å². The van der Waals surface area contributed by atoms with Crippen LogP contribution in [0.1, 0.15) is 15.9 Å². The van der Waals surface area contributed by atoms with Crippen molar-refractivity contribution in [3.8, 4) is 5.75 Å². The molecular weight excluding hydrogens is 230 g/mol. The Balaban J connectivity index is 2.79. The number of methoxy groups -OCH3 is 2. The molecule has 0 heterocycles. The quantitative estimate of drug-likeness (QED) is 0.592. The fourth-order valence-electron chi connectivity index (χ4n) is 1.60. The number of carbonyl (C=O) groups is 1. The van der Waals surface area contributed by atoms with Crippen molar-refractivity contribution < 1.29 is 14.3 Å². The Labute approximate surface area is 108 Å². The van der Waals surface area contributed by atoms with Gasteiger partial charge in [-0.15, -0.1) is 6.58 Å². The lowest BCUT2D eigenvalue weighted by atomic mass is 10.1. The third-order valence-electron chi connectivity index (χ3n) is 2.50. The maximum Gasteiger partial charge on any atom is 0.251 e. The Kier molecular flexibility index (Phi) is 5.94. The van der Waals surface area contributed by atoms with E-state index < -0.39 is 0 Å². The molecule has 0 aliphatic carbocycles. The molecule has 0 atom stereocenters. The lowest BCUT2D eigenvalue weighted by Gasteiger charge is -2.09. The van der Waals surface area contributed by atoms with Crippen molar-refractivity contribution in [3.05, 3.63) is 42.0 Å². The Hall–Kier alpha value is -1.81. The molecule has 1 N–H and O–H groups in total. The van der Waals surface area contributed by atoms with Gasteiger partial charge in [0, 0.05) is 19.2 Å². The van der Waals surface area contributed by atoms with Gasteiger partial charge >= 0.3 is 0 Å². The molecule has 0 radical (unpaired) electrons. The van der Waals surface area contributed by atoms with Crippen molar-refractivity contribution in [2.75, 3.05) is 27.4 Å². The van der Waals surface area contributed by atoms with Crippen LogP contribution in [0.4, 0.5) is 0 Å². The first-order chi connectivity index (χ1) is 8.72. The number of allylic oxidation sites excluding steroid dienone is 1. The highest BCUT2D eigenvalue weighted by Crippen LogP contribution is 2.20. The molecule has 98 valence electrons. The number of ether oxygens (including phenoxy) is 2. The zero-order valence-electron chi connectivity index (χ0n) is 10.9. The van der Waals surface area contributed by atoms with Crippen molar-refractivity contribution in [3.63, 3.8) is 0 Å². The molecule has 0 unspecified atom stereocenters. The molecule has 4 heteroatoms. The van der Waals surface area contributed by atoms with E-state index in [4.69, 9.17) is 9.47 Å². The van der Waals surface area contributed by atoms with Gasteiger partial charge < -0.3 is 14.8 Å². The summed E-state index contributed by atoms with van der Waals surface area (Å²) >= 11 is 0. The molecule has 0 aliphatic rings. The number of benzene rings is 1. The second-order valence-electron chi connectivity index (χ2n) is 3.77. The van der Waals surface area contributed by atoms with Crippen molar-refractivity contribution >= 4 is 5.91 Å². The van der Waals surface area contributed by atoms with E-state index in [9.17, 15) is 4.79 Å². The van der Waals surface area contributed by atoms with Gasteiger partial charge in [-0.3, -0.25) is 4.79 Å². The molecule has 1 aromatic carbocycles. The van der Waals surface area contributed by atoms with Crippen molar-refractivity contribution in [1.29, 1.82) is 0 Å². The minimum atomic E-state index is -0.111. The normalized spacial score (nSPS) is 9.89. The molecule has 0 spiro atoms. The summed E-state index contributed by atoms with van der Waals surface area (Å²) in [6.07, 6.45) is 2.45. The van der Waals surface area contributed by atoms with E-state index in [0.29, 0.717) is 25.1 Å². The van der Waals surface area contributed by atoms with Crippen LogP contribution in [0.5, 0.6) is 5.75 Å². The predicted octanol–water partition coefficient (Wildman–Crippen LogP) is 1.80. The molecule has 0 aliphatic heterocycles. The van der Waals surface area contributed by atoms with Gasteiger partial charge in [-0.05, 0) is 30.2 Å². The number of hydrogen-bond acceptors (Lipinski definition) is 3. The Bertz CT molecular complexity index is 416. The van der Waals surface area contributed by atoms with E-state index in [0.717, 1.165) is 11.3 Å². The summed E-state index contributed by atoms with van der Waals surface area (Å²) in [5.41, 5.74) is 1.57. The summed E-state index contributed by atoms with van der Waals surface area (Å²) in [6, 6.07) is 5.36. The first-order valence-corrected chi connectivity index (χ1v) is 5.78. The monoisotopic (exact) mass is 249 g/mol. The van der Waals surface area contributed by atoms with E-state index in [1.807, 2.05) is 6.07 Å². The standard InChI is InChI=1S/C14H19NO3/c1-4-5-11-10-12(6-7-13(11)18-3)14(16)15-8-9-17-2/h4,6-7,10H,1,5,8-9H2,2-3H3,(H,15,16). The van der Waals surface area contributed by atoms with Crippen LogP contribution in [0.2, 0.25) is 0 Å². The van der Waals surface area contributed by atoms with Gasteiger partial charge in [0.2, 0.25) is 0 Å². The Morgan fingerprint density at radius 1 is 1.44 bits per heavy atom. The van der Waals surface area contributed by atoms with E-state index in [1.165, 1.54) is 0 Å². The van der Waals surface area contributed by atoms with Gasteiger partial charge in [0.25, 0.3) is 5.91 Å². The van der Waals surface area contributed by atoms with Crippen LogP contribution in [0, 0.1) is 0 Å². The highest BCUT2D eigenvalue weighted by atomic mass is 16.5. The van der Waals surface area contributed by atoms with E-state index >= 15 is 0 Å². The summed E-state index contributed by atoms with van der Waals surface area (Å²) < 4.78 is 10.1. The molecule has 4 nitrogen and oxygen atoms in total. The summed E-state index contributed by atoms with van der Waals surface area (Å²) in [4.78, 5) is 11.8. The average Bonchev–Trinajstić information content (AvgIpc) is 2.39. The lowest BCUT2D eigenvalue weighted by Crippen LogP contribution is -2.27. The van der Waals surface area contributed by atoms with Gasteiger partial charge in [0.1, 0.15) is 5.75 Å². The molecule has 1 amide bonds. The smallest absolute Gasteiger partial charge is 0.251 e. The van der Waals surface area contributed by atoms with E-state index in [-0.39, 0.29) is 5.91 Å². The second kappa shape index (κ2) is 7.50. The SMILES string of the molecule is C=CCc1cc(C(=O)NCCOC)ccc1OC. The second-order valence-corrected chi connectivity index (χ2v) is 3.77. The third-order valence-corrected chi connectivity index (χ3v) is 2.50. The lowest BCUT2D eigenvalue weighted by molar-refractivity contribution is 0.0937. The summed E-state index contributed by atoms with van der Waals surface area (Å²) in [7, 11) is 3.21. The molecule has 0 saturated heterocycles. The molecular formula is C14H19NO3. The van der Waals surface area contributed by atoms with Crippen LogP contribution in [-0.2, 0) is 11.2 Å². The molecule has 0 aromatic heterocycles. The minimum Gasteiger partial charge on any atom is -0.496 e. The maximum atomic E-state index is 11.8. The molecule has 1 aromatic rings. The van der Waals surface area contributed by atoms with Gasteiger partial charge in [0.15, 0.2) is 0 Å². The molecule has 18 heavy (non-hydrogen) atoms. The zero-order valence-corrected chi connectivity index (χ0v) is 10.9. The largest absolute Gasteiger partial charge is 0.496 e. The highest BCUT2D eigenvalue weighted by Gasteiger charge is 2.08. The predicted molar refractivity (Wildman–Crippen MR) is 71.1 cm³/mol. The average molecular weight is 249 g/mol. The van der Waals surface area contributed by atoms with Crippen LogP contribution in [0.3, 0.4) is 0 Å². The number of rotatable bonds is 7. The highest BCUT2D eigenvalue weighted by molar-refractivity contribution is 5.94. The van der Waals surface area contributed by atoms with Crippen molar-refractivity contribution in [2.24, 2.45) is 0 Å². The number of hydrogen-bond donors (Lipinski definition) is 1. The van der Waals surface area contributed by atoms with E-state index in [1.54, 1.807) is 32.4 Å². The Morgan fingerprint density at radius 3 is 2.83 bits per heavy atom. The van der Waals surface area contributed by atoms with Gasteiger partial charge in [-0.25, -0.2) is 0 Å². The fraction of sp³-hybridized carbons (Fsp3) is 0.357. The molecule has 0 saturated carbocycles. The first-order valence-electron chi connectivity index (χ1n) is 5.78. The van der Waals surface area contributed by atoms with Crippen LogP contribution >= 0.6 is 0 Å². The van der Waals surface area contributed by atoms with Crippen LogP contribution in [0.15, 0.2) is 30.9 Å². The zero-order chi connectivity index (χ0) is 13.4. The number of amides is 1. The number of nitrogens with one attached hydrogen (secondary N) is 1. The summed E-state index contributed by atoms with van der Waals surface area (Å²) in [6.45, 7) is 4.69. The molecule has 0 bridgehead atoms. The van der Waals surface area contributed by atoms with Crippen molar-refractivity contribution in [2.45, 2.75) is 6.42 Å². The van der Waals surface area contributed by atoms with Gasteiger partial charge in [-0.2, -0.15) is 0 Å².